The lowest BCUT2D eigenvalue weighted by molar-refractivity contribution is -0.261. The number of aliphatic hydroxyl groups is 2. The van der Waals surface area contributed by atoms with Gasteiger partial charge in [0.05, 0.1) is 28.8 Å². The minimum Gasteiger partial charge on any atom is -0.392 e. The summed E-state index contributed by atoms with van der Waals surface area (Å²) in [6.45, 7) is 19.2. The average molecular weight is 1010 g/mol. The number of rotatable bonds is 9. The van der Waals surface area contributed by atoms with E-state index in [2.05, 4.69) is 87.9 Å². The van der Waals surface area contributed by atoms with Crippen LogP contribution in [0.5, 0.6) is 0 Å². The van der Waals surface area contributed by atoms with E-state index >= 15 is 4.79 Å². The lowest BCUT2D eigenvalue weighted by Gasteiger charge is -2.74. The summed E-state index contributed by atoms with van der Waals surface area (Å²) in [5, 5.41) is 29.9. The first-order chi connectivity index (χ1) is 35.3. The highest BCUT2D eigenvalue weighted by Gasteiger charge is 2.77. The number of epoxide rings is 1. The zero-order valence-corrected chi connectivity index (χ0v) is 46.7. The molecule has 1 aromatic carbocycles. The largest absolute Gasteiger partial charge is 0.392 e. The number of allylic oxidation sites excluding steroid dienone is 1. The SMILES string of the molecule is CNCC[C@]1(C)C(=O)CC2(CCCC2)[C@@]2(C)[C@H]3[C@H](O)[C@@H]4Cn5cc(Cc6cc(C7CCOCC7)c7c(c6)[C@@H]6CCCC[C@@H]6CC7)c6[nH]cc(c65)CC[C@@](C)(C[C@@H](O)[C@H]5OC5(C)C)C5=C4[C@](C)(CC5=O)[C@@]3(C)CC[C@H]21. The molecule has 7 aliphatic carbocycles. The molecule has 1 spiro atoms. The van der Waals surface area contributed by atoms with Crippen molar-refractivity contribution in [1.29, 1.82) is 0 Å². The molecule has 3 aliphatic heterocycles. The Morgan fingerprint density at radius 2 is 1.61 bits per heavy atom. The number of ketones is 2. The first-order valence-electron chi connectivity index (χ1n) is 30.2. The van der Waals surface area contributed by atoms with Gasteiger partial charge in [-0.1, -0.05) is 72.4 Å². The summed E-state index contributed by atoms with van der Waals surface area (Å²) < 4.78 is 14.6. The van der Waals surface area contributed by atoms with E-state index in [0.29, 0.717) is 49.8 Å². The summed E-state index contributed by atoms with van der Waals surface area (Å²) >= 11 is 0. The summed E-state index contributed by atoms with van der Waals surface area (Å²) in [6.07, 6.45) is 23.8. The van der Waals surface area contributed by atoms with Crippen molar-refractivity contribution in [2.24, 2.45) is 56.2 Å². The fraction of sp³-hybridized carbons (Fsp3) is 0.754. The van der Waals surface area contributed by atoms with Gasteiger partial charge < -0.3 is 34.6 Å². The van der Waals surface area contributed by atoms with Crippen LogP contribution in [0.2, 0.25) is 0 Å². The van der Waals surface area contributed by atoms with E-state index in [1.54, 1.807) is 16.7 Å². The van der Waals surface area contributed by atoms with Crippen LogP contribution in [0, 0.1) is 56.2 Å². The zero-order chi connectivity index (χ0) is 51.5. The maximum Gasteiger partial charge on any atom is 0.160 e. The quantitative estimate of drug-likeness (QED) is 0.157. The smallest absolute Gasteiger partial charge is 0.160 e. The van der Waals surface area contributed by atoms with E-state index in [0.717, 1.165) is 102 Å². The Kier molecular flexibility index (Phi) is 11.9. The number of hydrogen-bond donors (Lipinski definition) is 4. The number of nitrogens with zero attached hydrogens (tertiary/aromatic N) is 1. The third kappa shape index (κ3) is 7.08. The summed E-state index contributed by atoms with van der Waals surface area (Å²) in [5.41, 5.74) is 10.5. The van der Waals surface area contributed by atoms with Gasteiger partial charge in [0.25, 0.3) is 0 Å². The number of H-pyrrole nitrogens is 1. The standard InChI is InChI=1S/C65H91N3O6/c1-59(2)58(74-59)49(70)32-60(3)23-17-41-35-67-54-42(29-38-30-45(40-19-27-73-28-20-40)44-16-15-39-13-9-10-14-43(39)46(44)31-38)36-68(55(41)54)37-47-52-53(60)48(69)33-63(52,6)62(5)24-18-50-61(4,25-26-66-8)51(71)34-65(21-11-12-22-65)64(50,7)57(62)56(47)72/h30-31,35-36,39-40,43,47,49-50,56-58,66-67,70,72H,9-29,32-34,37H2,1-8H3/t39-,43-,47-,49-,50+,56-,57+,58-,60+,61+,62+,63+,64-/m1/s1. The van der Waals surface area contributed by atoms with Crippen LogP contribution in [0.3, 0.4) is 0 Å². The highest BCUT2D eigenvalue weighted by Crippen LogP contribution is 2.80. The van der Waals surface area contributed by atoms with Crippen LogP contribution in [0.25, 0.3) is 11.0 Å². The van der Waals surface area contributed by atoms with Crippen LogP contribution in [-0.2, 0) is 44.9 Å². The van der Waals surface area contributed by atoms with Crippen molar-refractivity contribution in [3.05, 3.63) is 69.1 Å². The lowest BCUT2D eigenvalue weighted by Crippen LogP contribution is -2.72. The highest BCUT2D eigenvalue weighted by atomic mass is 16.6. The molecule has 9 heteroatoms. The third-order valence-corrected chi connectivity index (χ3v) is 24.9. The molecule has 5 saturated carbocycles. The Morgan fingerprint density at radius 3 is 2.35 bits per heavy atom. The van der Waals surface area contributed by atoms with Crippen molar-refractivity contribution in [1.82, 2.24) is 14.9 Å². The fourth-order valence-electron chi connectivity index (χ4n) is 21.0. The minimum absolute atomic E-state index is 0.112. The number of aliphatic hydroxyl groups excluding tert-OH is 2. The van der Waals surface area contributed by atoms with Crippen LogP contribution in [0.1, 0.15) is 209 Å². The first kappa shape index (κ1) is 50.4. The van der Waals surface area contributed by atoms with Gasteiger partial charge in [-0.2, -0.15) is 0 Å². The first-order valence-corrected chi connectivity index (χ1v) is 30.2. The number of nitrogens with one attached hydrogen (secondary N) is 2. The summed E-state index contributed by atoms with van der Waals surface area (Å²) in [4.78, 5) is 34.6. The number of ether oxygens (including phenoxy) is 2. The monoisotopic (exact) mass is 1010 g/mol. The number of Topliss-reactive ketones (excluding diaryl/α,β-unsaturated/α-hetero) is 2. The number of aromatic amines is 1. The Morgan fingerprint density at radius 1 is 0.865 bits per heavy atom. The Labute approximate surface area is 442 Å². The van der Waals surface area contributed by atoms with Gasteiger partial charge in [-0.3, -0.25) is 9.59 Å². The Hall–Kier alpha value is -3.08. The number of carbonyl (C=O) groups is 2. The van der Waals surface area contributed by atoms with Crippen LogP contribution in [-0.4, -0.2) is 82.0 Å². The van der Waals surface area contributed by atoms with Gasteiger partial charge in [-0.05, 0) is 208 Å². The Balaban J connectivity index is 0.973. The highest BCUT2D eigenvalue weighted by molar-refractivity contribution is 6.02. The predicted octanol–water partition coefficient (Wildman–Crippen LogP) is 12.0. The van der Waals surface area contributed by atoms with E-state index in [9.17, 15) is 15.0 Å². The van der Waals surface area contributed by atoms with Crippen LogP contribution in [0.15, 0.2) is 35.7 Å². The van der Waals surface area contributed by atoms with Crippen LogP contribution in [0.4, 0.5) is 0 Å². The third-order valence-electron chi connectivity index (χ3n) is 24.9. The van der Waals surface area contributed by atoms with Gasteiger partial charge in [-0.25, -0.2) is 0 Å². The van der Waals surface area contributed by atoms with Crippen molar-refractivity contribution in [3.63, 3.8) is 0 Å². The number of benzene rings is 1. The second-order valence-corrected chi connectivity index (χ2v) is 28.8. The van der Waals surface area contributed by atoms with Gasteiger partial charge in [0, 0.05) is 73.7 Å². The molecular formula is C65H91N3O6. The number of fused-ring (bicyclic) bond motifs is 8. The van der Waals surface area contributed by atoms with Crippen molar-refractivity contribution in [3.8, 4) is 0 Å². The molecule has 10 aliphatic rings. The molecule has 7 fully saturated rings. The lowest BCUT2D eigenvalue weighted by atomic mass is 9.30. The minimum atomic E-state index is -0.732. The second-order valence-electron chi connectivity index (χ2n) is 28.8. The molecule has 2 aromatic heterocycles. The zero-order valence-electron chi connectivity index (χ0n) is 46.7. The van der Waals surface area contributed by atoms with Crippen molar-refractivity contribution in [2.45, 2.75) is 226 Å². The molecular weight excluding hydrogens is 919 g/mol. The molecule has 13 atom stereocenters. The van der Waals surface area contributed by atoms with E-state index in [1.807, 2.05) is 7.05 Å². The van der Waals surface area contributed by atoms with Crippen molar-refractivity contribution in [2.75, 3.05) is 26.8 Å². The predicted molar refractivity (Wildman–Crippen MR) is 291 cm³/mol. The average Bonchev–Trinajstić information content (AvgIpc) is 4.04. The number of carbonyl (C=O) groups excluding carboxylic acids is 2. The molecule has 9 nitrogen and oxygen atoms in total. The van der Waals surface area contributed by atoms with Gasteiger partial charge in [0.1, 0.15) is 11.9 Å². The number of aryl methyl sites for hydroxylation is 1. The molecule has 13 rings (SSSR count). The van der Waals surface area contributed by atoms with Crippen LogP contribution < -0.4 is 5.32 Å². The molecule has 74 heavy (non-hydrogen) atoms. The summed E-state index contributed by atoms with van der Waals surface area (Å²) in [6, 6.07) is 5.25. The van der Waals surface area contributed by atoms with E-state index in [1.165, 1.54) is 71.8 Å². The molecule has 4 N–H and O–H groups in total. The molecule has 0 radical (unpaired) electrons. The molecule has 2 saturated heterocycles. The molecule has 3 aromatic rings. The molecule has 5 heterocycles. The van der Waals surface area contributed by atoms with E-state index in [-0.39, 0.29) is 40.5 Å². The maximum absolute atomic E-state index is 15.7. The van der Waals surface area contributed by atoms with Gasteiger partial charge in [-0.15, -0.1) is 0 Å². The number of aromatic nitrogens is 2. The van der Waals surface area contributed by atoms with Crippen LogP contribution >= 0.6 is 0 Å². The molecule has 0 bridgehead atoms. The summed E-state index contributed by atoms with van der Waals surface area (Å²) in [5.74, 6) is 2.36. The number of hydrogen-bond acceptors (Lipinski definition) is 7. The van der Waals surface area contributed by atoms with E-state index in [4.69, 9.17) is 9.47 Å². The summed E-state index contributed by atoms with van der Waals surface area (Å²) in [7, 11) is 2.01. The second kappa shape index (κ2) is 17.5. The Bertz CT molecular complexity index is 2770. The van der Waals surface area contributed by atoms with Crippen molar-refractivity contribution >= 4 is 22.6 Å². The molecule has 0 unspecified atom stereocenters. The van der Waals surface area contributed by atoms with Gasteiger partial charge in [0.15, 0.2) is 5.78 Å². The molecule has 0 amide bonds. The maximum atomic E-state index is 15.7. The van der Waals surface area contributed by atoms with Crippen molar-refractivity contribution < 1.29 is 29.3 Å². The topological polar surface area (TPSA) is 129 Å². The normalized spacial score (nSPS) is 40.6. The van der Waals surface area contributed by atoms with E-state index < -0.39 is 39.5 Å². The van der Waals surface area contributed by atoms with Gasteiger partial charge >= 0.3 is 0 Å². The molecule has 402 valence electrons. The van der Waals surface area contributed by atoms with Gasteiger partial charge in [0.2, 0.25) is 0 Å². The fourth-order valence-corrected chi connectivity index (χ4v) is 21.0.